The average Bonchev–Trinajstić information content (AvgIpc) is 2.87. The number of pyridine rings is 1. The Morgan fingerprint density at radius 2 is 2.37 bits per heavy atom. The van der Waals surface area contributed by atoms with Gasteiger partial charge in [-0.3, -0.25) is 9.78 Å². The number of carbonyl (C=O) groups is 1. The summed E-state index contributed by atoms with van der Waals surface area (Å²) in [5, 5.41) is 12.8. The summed E-state index contributed by atoms with van der Waals surface area (Å²) in [6, 6.07) is 1.96. The standard InChI is InChI=1S/C14H21N3O2/c1-10(2)17(9-12-4-3-5-16-12)14(19)11-6-13(18)8-15-7-11/h6-8,10,12,16,18H,3-5,9H2,1-2H3. The second-order valence-electron chi connectivity index (χ2n) is 5.28. The largest absolute Gasteiger partial charge is 0.506 e. The van der Waals surface area contributed by atoms with Gasteiger partial charge >= 0.3 is 0 Å². The Hall–Kier alpha value is -1.62. The van der Waals surface area contributed by atoms with Crippen LogP contribution in [-0.4, -0.2) is 46.1 Å². The van der Waals surface area contributed by atoms with Crippen molar-refractivity contribution >= 4 is 5.91 Å². The molecule has 2 N–H and O–H groups in total. The molecular weight excluding hydrogens is 242 g/mol. The zero-order chi connectivity index (χ0) is 13.8. The van der Waals surface area contributed by atoms with Crippen molar-refractivity contribution in [2.24, 2.45) is 0 Å². The van der Waals surface area contributed by atoms with Crippen molar-refractivity contribution in [1.82, 2.24) is 15.2 Å². The van der Waals surface area contributed by atoms with Gasteiger partial charge < -0.3 is 15.3 Å². The van der Waals surface area contributed by atoms with Crippen molar-refractivity contribution in [3.05, 3.63) is 24.0 Å². The lowest BCUT2D eigenvalue weighted by Gasteiger charge is -2.29. The first-order valence-electron chi connectivity index (χ1n) is 6.76. The van der Waals surface area contributed by atoms with Gasteiger partial charge in [0, 0.05) is 24.8 Å². The summed E-state index contributed by atoms with van der Waals surface area (Å²) in [7, 11) is 0. The van der Waals surface area contributed by atoms with Crippen LogP contribution >= 0.6 is 0 Å². The van der Waals surface area contributed by atoms with Crippen molar-refractivity contribution in [3.63, 3.8) is 0 Å². The molecule has 1 unspecified atom stereocenters. The van der Waals surface area contributed by atoms with E-state index >= 15 is 0 Å². The summed E-state index contributed by atoms with van der Waals surface area (Å²) >= 11 is 0. The number of nitrogens with zero attached hydrogens (tertiary/aromatic N) is 2. The van der Waals surface area contributed by atoms with Crippen molar-refractivity contribution in [2.75, 3.05) is 13.1 Å². The van der Waals surface area contributed by atoms with Gasteiger partial charge in [0.05, 0.1) is 11.8 Å². The summed E-state index contributed by atoms with van der Waals surface area (Å²) in [6.45, 7) is 5.73. The Morgan fingerprint density at radius 1 is 1.58 bits per heavy atom. The van der Waals surface area contributed by atoms with Gasteiger partial charge in [-0.1, -0.05) is 0 Å². The zero-order valence-corrected chi connectivity index (χ0v) is 11.5. The van der Waals surface area contributed by atoms with Crippen LogP contribution in [0, 0.1) is 0 Å². The van der Waals surface area contributed by atoms with E-state index in [-0.39, 0.29) is 17.7 Å². The second-order valence-corrected chi connectivity index (χ2v) is 5.28. The van der Waals surface area contributed by atoms with E-state index in [1.807, 2.05) is 18.7 Å². The number of hydrogen-bond donors (Lipinski definition) is 2. The highest BCUT2D eigenvalue weighted by Crippen LogP contribution is 2.15. The highest BCUT2D eigenvalue weighted by atomic mass is 16.3. The molecule has 1 amide bonds. The molecule has 1 fully saturated rings. The molecule has 19 heavy (non-hydrogen) atoms. The van der Waals surface area contributed by atoms with Gasteiger partial charge in [-0.2, -0.15) is 0 Å². The lowest BCUT2D eigenvalue weighted by molar-refractivity contribution is 0.0688. The van der Waals surface area contributed by atoms with E-state index in [0.29, 0.717) is 18.2 Å². The van der Waals surface area contributed by atoms with E-state index < -0.39 is 0 Å². The van der Waals surface area contributed by atoms with E-state index in [0.717, 1.165) is 13.0 Å². The van der Waals surface area contributed by atoms with Gasteiger partial charge in [0.15, 0.2) is 0 Å². The highest BCUT2D eigenvalue weighted by molar-refractivity contribution is 5.94. The first-order valence-corrected chi connectivity index (χ1v) is 6.76. The molecule has 1 saturated heterocycles. The Labute approximate surface area is 113 Å². The first-order chi connectivity index (χ1) is 9.08. The van der Waals surface area contributed by atoms with Crippen molar-refractivity contribution in [1.29, 1.82) is 0 Å². The maximum absolute atomic E-state index is 12.5. The molecule has 104 valence electrons. The van der Waals surface area contributed by atoms with E-state index in [2.05, 4.69) is 10.3 Å². The molecule has 0 aliphatic carbocycles. The third-order valence-corrected chi connectivity index (χ3v) is 3.43. The van der Waals surface area contributed by atoms with Gasteiger partial charge in [0.1, 0.15) is 5.75 Å². The van der Waals surface area contributed by atoms with Crippen LogP contribution in [0.15, 0.2) is 18.5 Å². The lowest BCUT2D eigenvalue weighted by atomic mass is 10.1. The smallest absolute Gasteiger partial charge is 0.255 e. The Balaban J connectivity index is 2.11. The molecule has 1 aliphatic heterocycles. The molecule has 0 radical (unpaired) electrons. The van der Waals surface area contributed by atoms with E-state index in [1.54, 1.807) is 0 Å². The van der Waals surface area contributed by atoms with E-state index in [1.165, 1.54) is 24.9 Å². The second kappa shape index (κ2) is 6.02. The number of nitrogens with one attached hydrogen (secondary N) is 1. The summed E-state index contributed by atoms with van der Waals surface area (Å²) in [5.41, 5.74) is 0.437. The maximum atomic E-state index is 12.5. The van der Waals surface area contributed by atoms with Gasteiger partial charge in [0.25, 0.3) is 5.91 Å². The maximum Gasteiger partial charge on any atom is 0.255 e. The lowest BCUT2D eigenvalue weighted by Crippen LogP contribution is -2.44. The van der Waals surface area contributed by atoms with Gasteiger partial charge in [-0.25, -0.2) is 0 Å². The molecule has 5 heteroatoms. The molecule has 1 atom stereocenters. The molecule has 0 saturated carbocycles. The fourth-order valence-corrected chi connectivity index (χ4v) is 2.39. The van der Waals surface area contributed by atoms with Crippen LogP contribution in [0.2, 0.25) is 0 Å². The van der Waals surface area contributed by atoms with Crippen LogP contribution in [0.1, 0.15) is 37.0 Å². The van der Waals surface area contributed by atoms with E-state index in [4.69, 9.17) is 0 Å². The van der Waals surface area contributed by atoms with Crippen LogP contribution in [0.3, 0.4) is 0 Å². The number of aromatic nitrogens is 1. The molecule has 2 heterocycles. The van der Waals surface area contributed by atoms with E-state index in [9.17, 15) is 9.90 Å². The fraction of sp³-hybridized carbons (Fsp3) is 0.571. The van der Waals surface area contributed by atoms with Crippen molar-refractivity contribution in [3.8, 4) is 5.75 Å². The van der Waals surface area contributed by atoms with Crippen molar-refractivity contribution in [2.45, 2.75) is 38.8 Å². The summed E-state index contributed by atoms with van der Waals surface area (Å²) in [6.07, 6.45) is 5.10. The summed E-state index contributed by atoms with van der Waals surface area (Å²) in [4.78, 5) is 18.2. The summed E-state index contributed by atoms with van der Waals surface area (Å²) < 4.78 is 0. The minimum atomic E-state index is -0.0768. The predicted octanol–water partition coefficient (Wildman–Crippen LogP) is 1.39. The number of aromatic hydroxyl groups is 1. The Bertz CT molecular complexity index is 442. The molecule has 0 spiro atoms. The number of carbonyl (C=O) groups excluding carboxylic acids is 1. The highest BCUT2D eigenvalue weighted by Gasteiger charge is 2.24. The molecule has 1 aromatic heterocycles. The normalized spacial score (nSPS) is 18.8. The first kappa shape index (κ1) is 13.8. The Kier molecular flexibility index (Phi) is 4.37. The van der Waals surface area contributed by atoms with Crippen LogP contribution in [0.25, 0.3) is 0 Å². The quantitative estimate of drug-likeness (QED) is 0.861. The minimum absolute atomic E-state index is 0.0218. The molecule has 0 aromatic carbocycles. The van der Waals surface area contributed by atoms with Crippen LogP contribution in [0.4, 0.5) is 0 Å². The molecule has 0 bridgehead atoms. The molecule has 2 rings (SSSR count). The zero-order valence-electron chi connectivity index (χ0n) is 11.5. The monoisotopic (exact) mass is 263 g/mol. The third-order valence-electron chi connectivity index (χ3n) is 3.43. The predicted molar refractivity (Wildman–Crippen MR) is 73.1 cm³/mol. The van der Waals surface area contributed by atoms with Gasteiger partial charge in [-0.15, -0.1) is 0 Å². The molecule has 1 aromatic rings. The SMILES string of the molecule is CC(C)N(CC1CCCN1)C(=O)c1cncc(O)c1. The van der Waals surface area contributed by atoms with Crippen LogP contribution in [0.5, 0.6) is 5.75 Å². The van der Waals surface area contributed by atoms with Crippen molar-refractivity contribution < 1.29 is 9.90 Å². The summed E-state index contributed by atoms with van der Waals surface area (Å²) in [5.74, 6) is -0.0550. The number of rotatable bonds is 4. The van der Waals surface area contributed by atoms with Crippen LogP contribution in [-0.2, 0) is 0 Å². The topological polar surface area (TPSA) is 65.5 Å². The molecular formula is C14H21N3O2. The molecule has 1 aliphatic rings. The number of hydrogen-bond acceptors (Lipinski definition) is 4. The average molecular weight is 263 g/mol. The van der Waals surface area contributed by atoms with Crippen LogP contribution < -0.4 is 5.32 Å². The minimum Gasteiger partial charge on any atom is -0.506 e. The molecule has 5 nitrogen and oxygen atoms in total. The van der Waals surface area contributed by atoms with Gasteiger partial charge in [-0.05, 0) is 39.3 Å². The fourth-order valence-electron chi connectivity index (χ4n) is 2.39. The number of amides is 1. The third kappa shape index (κ3) is 3.44. The Morgan fingerprint density at radius 3 is 2.95 bits per heavy atom. The van der Waals surface area contributed by atoms with Gasteiger partial charge in [0.2, 0.25) is 0 Å².